The van der Waals surface area contributed by atoms with Crippen molar-refractivity contribution in [1.82, 2.24) is 0 Å². The standard InChI is InChI=1S/C26H18Cl2N2O3/c27-17-11-19(15-7-3-1-4-8-15)23(29)21(13-17)25(31)33-26(32)22-14-18(28)12-20(24(22)30)16-9-5-2-6-10-16/h1-14H,29-30H2. The van der Waals surface area contributed by atoms with Crippen LogP contribution in [0, 0.1) is 0 Å². The van der Waals surface area contributed by atoms with E-state index in [1.54, 1.807) is 12.1 Å². The number of halogens is 2. The molecule has 0 bridgehead atoms. The maximum atomic E-state index is 12.9. The van der Waals surface area contributed by atoms with Crippen molar-refractivity contribution in [3.63, 3.8) is 0 Å². The van der Waals surface area contributed by atoms with Gasteiger partial charge in [0.05, 0.1) is 22.5 Å². The third kappa shape index (κ3) is 4.70. The normalized spacial score (nSPS) is 10.6. The van der Waals surface area contributed by atoms with Crippen molar-refractivity contribution in [2.45, 2.75) is 0 Å². The molecule has 5 nitrogen and oxygen atoms in total. The summed E-state index contributed by atoms with van der Waals surface area (Å²) in [5.41, 5.74) is 15.3. The lowest BCUT2D eigenvalue weighted by Crippen LogP contribution is -2.16. The van der Waals surface area contributed by atoms with E-state index in [-0.39, 0.29) is 32.5 Å². The predicted octanol–water partition coefficient (Wildman–Crippen LogP) is 6.49. The molecular weight excluding hydrogens is 459 g/mol. The number of rotatable bonds is 4. The summed E-state index contributed by atoms with van der Waals surface area (Å²) in [6.07, 6.45) is 0. The van der Waals surface area contributed by atoms with Gasteiger partial charge in [0.25, 0.3) is 0 Å². The summed E-state index contributed by atoms with van der Waals surface area (Å²) < 4.78 is 5.12. The molecule has 4 N–H and O–H groups in total. The van der Waals surface area contributed by atoms with Gasteiger partial charge in [-0.05, 0) is 35.4 Å². The van der Waals surface area contributed by atoms with Gasteiger partial charge in [0.1, 0.15) is 0 Å². The molecule has 0 unspecified atom stereocenters. The molecule has 0 atom stereocenters. The van der Waals surface area contributed by atoms with Crippen molar-refractivity contribution >= 4 is 46.5 Å². The molecular formula is C26H18Cl2N2O3. The monoisotopic (exact) mass is 476 g/mol. The summed E-state index contributed by atoms with van der Waals surface area (Å²) in [5, 5.41) is 0.548. The van der Waals surface area contributed by atoms with E-state index < -0.39 is 11.9 Å². The van der Waals surface area contributed by atoms with Crippen LogP contribution >= 0.6 is 23.2 Å². The second kappa shape index (κ2) is 9.36. The average Bonchev–Trinajstić information content (AvgIpc) is 2.82. The highest BCUT2D eigenvalue weighted by Gasteiger charge is 2.23. The first-order valence-corrected chi connectivity index (χ1v) is 10.7. The van der Waals surface area contributed by atoms with Gasteiger partial charge in [0.2, 0.25) is 0 Å². The zero-order valence-electron chi connectivity index (χ0n) is 17.2. The molecule has 0 aliphatic rings. The quantitative estimate of drug-likeness (QED) is 0.199. The highest BCUT2D eigenvalue weighted by molar-refractivity contribution is 6.32. The molecule has 7 heteroatoms. The van der Waals surface area contributed by atoms with Gasteiger partial charge in [-0.2, -0.15) is 0 Å². The summed E-state index contributed by atoms with van der Waals surface area (Å²) in [6.45, 7) is 0. The maximum absolute atomic E-state index is 12.9. The molecule has 0 aromatic heterocycles. The van der Waals surface area contributed by atoms with E-state index in [2.05, 4.69) is 0 Å². The van der Waals surface area contributed by atoms with Crippen molar-refractivity contribution in [3.05, 3.63) is 106 Å². The Morgan fingerprint density at radius 2 is 0.970 bits per heavy atom. The molecule has 0 spiro atoms. The Labute approximate surface area is 200 Å². The third-order valence-corrected chi connectivity index (χ3v) is 5.52. The summed E-state index contributed by atoms with van der Waals surface area (Å²) in [4.78, 5) is 25.8. The van der Waals surface area contributed by atoms with Gasteiger partial charge in [0, 0.05) is 21.2 Å². The number of esters is 2. The maximum Gasteiger partial charge on any atom is 0.348 e. The fourth-order valence-electron chi connectivity index (χ4n) is 3.48. The van der Waals surface area contributed by atoms with Crippen molar-refractivity contribution in [3.8, 4) is 22.3 Å². The molecule has 0 aliphatic heterocycles. The number of benzene rings is 4. The summed E-state index contributed by atoms with van der Waals surface area (Å²) in [5.74, 6) is -1.89. The van der Waals surface area contributed by atoms with Gasteiger partial charge in [-0.1, -0.05) is 83.9 Å². The third-order valence-electron chi connectivity index (χ3n) is 5.08. The predicted molar refractivity (Wildman–Crippen MR) is 132 cm³/mol. The van der Waals surface area contributed by atoms with Gasteiger partial charge in [0.15, 0.2) is 0 Å². The molecule has 0 fully saturated rings. The van der Waals surface area contributed by atoms with E-state index >= 15 is 0 Å². The molecule has 164 valence electrons. The van der Waals surface area contributed by atoms with Gasteiger partial charge in [-0.3, -0.25) is 0 Å². The molecule has 0 saturated heterocycles. The lowest BCUT2D eigenvalue weighted by Gasteiger charge is -2.14. The first-order valence-electron chi connectivity index (χ1n) is 9.90. The van der Waals surface area contributed by atoms with Gasteiger partial charge < -0.3 is 16.2 Å². The van der Waals surface area contributed by atoms with Crippen LogP contribution in [0.4, 0.5) is 11.4 Å². The molecule has 0 heterocycles. The van der Waals surface area contributed by atoms with Gasteiger partial charge >= 0.3 is 11.9 Å². The number of nitrogen functional groups attached to an aromatic ring is 2. The number of hydrogen-bond acceptors (Lipinski definition) is 5. The van der Waals surface area contributed by atoms with E-state index in [1.807, 2.05) is 60.7 Å². The number of ether oxygens (including phenoxy) is 1. The molecule has 4 aromatic rings. The van der Waals surface area contributed by atoms with E-state index in [1.165, 1.54) is 12.1 Å². The highest BCUT2D eigenvalue weighted by atomic mass is 35.5. The van der Waals surface area contributed by atoms with Crippen molar-refractivity contribution in [1.29, 1.82) is 0 Å². The second-order valence-corrected chi connectivity index (χ2v) is 8.11. The fraction of sp³-hybridized carbons (Fsp3) is 0. The first kappa shape index (κ1) is 22.4. The van der Waals surface area contributed by atoms with E-state index in [0.29, 0.717) is 11.1 Å². The molecule has 0 aliphatic carbocycles. The Kier molecular flexibility index (Phi) is 6.36. The minimum Gasteiger partial charge on any atom is -0.398 e. The fourth-order valence-corrected chi connectivity index (χ4v) is 3.92. The second-order valence-electron chi connectivity index (χ2n) is 7.24. The minimum absolute atomic E-state index is 0.0291. The van der Waals surface area contributed by atoms with Crippen LogP contribution in [0.5, 0.6) is 0 Å². The molecule has 0 saturated carbocycles. The number of carbonyl (C=O) groups excluding carboxylic acids is 2. The zero-order valence-corrected chi connectivity index (χ0v) is 18.7. The average molecular weight is 477 g/mol. The number of nitrogens with two attached hydrogens (primary N) is 2. The van der Waals surface area contributed by atoms with Crippen molar-refractivity contribution in [2.75, 3.05) is 11.5 Å². The summed E-state index contributed by atoms with van der Waals surface area (Å²) >= 11 is 12.4. The minimum atomic E-state index is -0.946. The van der Waals surface area contributed by atoms with Crippen molar-refractivity contribution in [2.24, 2.45) is 0 Å². The largest absolute Gasteiger partial charge is 0.398 e. The zero-order chi connectivity index (χ0) is 23.5. The van der Waals surface area contributed by atoms with E-state index in [9.17, 15) is 9.59 Å². The Morgan fingerprint density at radius 3 is 1.33 bits per heavy atom. The van der Waals surface area contributed by atoms with Crippen LogP contribution in [0.1, 0.15) is 20.7 Å². The molecule has 33 heavy (non-hydrogen) atoms. The van der Waals surface area contributed by atoms with E-state index in [0.717, 1.165) is 11.1 Å². The lowest BCUT2D eigenvalue weighted by molar-refractivity contribution is 0.0399. The topological polar surface area (TPSA) is 95.4 Å². The van der Waals surface area contributed by atoms with Crippen LogP contribution in [0.25, 0.3) is 22.3 Å². The molecule has 4 rings (SSSR count). The number of hydrogen-bond donors (Lipinski definition) is 2. The Morgan fingerprint density at radius 1 is 0.606 bits per heavy atom. The lowest BCUT2D eigenvalue weighted by atomic mass is 10.00. The van der Waals surface area contributed by atoms with Crippen LogP contribution in [-0.2, 0) is 4.74 Å². The van der Waals surface area contributed by atoms with Crippen molar-refractivity contribution < 1.29 is 14.3 Å². The molecule has 0 amide bonds. The van der Waals surface area contributed by atoms with Crippen LogP contribution in [0.2, 0.25) is 10.0 Å². The Hall–Kier alpha value is -3.80. The summed E-state index contributed by atoms with van der Waals surface area (Å²) in [6, 6.07) is 24.4. The number of carbonyl (C=O) groups is 2. The summed E-state index contributed by atoms with van der Waals surface area (Å²) in [7, 11) is 0. The van der Waals surface area contributed by atoms with Gasteiger partial charge in [-0.25, -0.2) is 9.59 Å². The molecule has 4 aromatic carbocycles. The SMILES string of the molecule is Nc1c(C(=O)OC(=O)c2cc(Cl)cc(-c3ccccc3)c2N)cc(Cl)cc1-c1ccccc1. The van der Waals surface area contributed by atoms with Crippen LogP contribution in [0.3, 0.4) is 0 Å². The smallest absolute Gasteiger partial charge is 0.348 e. The van der Waals surface area contributed by atoms with Crippen LogP contribution in [0.15, 0.2) is 84.9 Å². The van der Waals surface area contributed by atoms with Crippen LogP contribution < -0.4 is 11.5 Å². The number of anilines is 2. The Bertz CT molecular complexity index is 1250. The van der Waals surface area contributed by atoms with Crippen LogP contribution in [-0.4, -0.2) is 11.9 Å². The highest BCUT2D eigenvalue weighted by Crippen LogP contribution is 2.34. The van der Waals surface area contributed by atoms with E-state index in [4.69, 9.17) is 39.4 Å². The Balaban J connectivity index is 1.68. The first-order chi connectivity index (χ1) is 15.8. The van der Waals surface area contributed by atoms with Gasteiger partial charge in [-0.15, -0.1) is 0 Å². The molecule has 0 radical (unpaired) electrons.